The number of fused-ring (bicyclic) bond motifs is 1. The van der Waals surface area contributed by atoms with Crippen LogP contribution in [-0.4, -0.2) is 13.0 Å². The van der Waals surface area contributed by atoms with Crippen LogP contribution >= 0.6 is 0 Å². The molecule has 3 nitrogen and oxygen atoms in total. The topological polar surface area (TPSA) is 41.1 Å². The standard InChI is InChI=1S/C26H24N2O/c1-27-17-19-10-15-25-23(16-19)8-5-9-24(25)18-28-26(29)22-13-11-21(12-14-22)20-6-3-2-4-7-20/h2-16,27H,17-18H2,1H3,(H,28,29). The van der Waals surface area contributed by atoms with Gasteiger partial charge in [-0.25, -0.2) is 0 Å². The van der Waals surface area contributed by atoms with Crippen LogP contribution < -0.4 is 10.6 Å². The van der Waals surface area contributed by atoms with Gasteiger partial charge in [0.15, 0.2) is 0 Å². The first-order chi connectivity index (χ1) is 14.2. The second kappa shape index (κ2) is 8.72. The lowest BCUT2D eigenvalue weighted by Crippen LogP contribution is -2.22. The van der Waals surface area contributed by atoms with Crippen molar-refractivity contribution in [3.8, 4) is 11.1 Å². The maximum absolute atomic E-state index is 12.6. The van der Waals surface area contributed by atoms with Crippen LogP contribution in [0, 0.1) is 0 Å². The third kappa shape index (κ3) is 4.36. The Morgan fingerprint density at radius 1 is 0.759 bits per heavy atom. The molecule has 2 N–H and O–H groups in total. The van der Waals surface area contributed by atoms with Crippen molar-refractivity contribution in [1.29, 1.82) is 0 Å². The summed E-state index contributed by atoms with van der Waals surface area (Å²) >= 11 is 0. The zero-order valence-corrected chi connectivity index (χ0v) is 16.5. The van der Waals surface area contributed by atoms with E-state index < -0.39 is 0 Å². The highest BCUT2D eigenvalue weighted by atomic mass is 16.1. The Kier molecular flexibility index (Phi) is 5.68. The fraction of sp³-hybridized carbons (Fsp3) is 0.115. The molecule has 0 aliphatic carbocycles. The first kappa shape index (κ1) is 18.9. The normalized spacial score (nSPS) is 10.8. The van der Waals surface area contributed by atoms with Gasteiger partial charge in [-0.05, 0) is 58.3 Å². The maximum atomic E-state index is 12.6. The summed E-state index contributed by atoms with van der Waals surface area (Å²) in [5.41, 5.74) is 5.29. The van der Waals surface area contributed by atoms with Gasteiger partial charge in [-0.1, -0.05) is 72.8 Å². The molecule has 144 valence electrons. The molecular formula is C26H24N2O. The quantitative estimate of drug-likeness (QED) is 0.485. The second-order valence-corrected chi connectivity index (χ2v) is 7.13. The molecule has 4 rings (SSSR count). The maximum Gasteiger partial charge on any atom is 0.251 e. The molecule has 0 radical (unpaired) electrons. The summed E-state index contributed by atoms with van der Waals surface area (Å²) < 4.78 is 0. The highest BCUT2D eigenvalue weighted by Gasteiger charge is 2.08. The second-order valence-electron chi connectivity index (χ2n) is 7.13. The number of rotatable bonds is 6. The molecule has 0 spiro atoms. The predicted octanol–water partition coefficient (Wildman–Crippen LogP) is 5.16. The smallest absolute Gasteiger partial charge is 0.251 e. The number of benzene rings is 4. The summed E-state index contributed by atoms with van der Waals surface area (Å²) in [6, 6.07) is 30.6. The highest BCUT2D eigenvalue weighted by Crippen LogP contribution is 2.21. The van der Waals surface area contributed by atoms with Gasteiger partial charge in [0, 0.05) is 18.7 Å². The lowest BCUT2D eigenvalue weighted by atomic mass is 10.0. The molecule has 0 fully saturated rings. The van der Waals surface area contributed by atoms with E-state index in [1.807, 2.05) is 55.6 Å². The first-order valence-electron chi connectivity index (χ1n) is 9.83. The lowest BCUT2D eigenvalue weighted by Gasteiger charge is -2.10. The molecule has 0 bridgehead atoms. The fourth-order valence-corrected chi connectivity index (χ4v) is 3.59. The Hall–Kier alpha value is -3.43. The van der Waals surface area contributed by atoms with E-state index in [9.17, 15) is 4.79 Å². The molecule has 0 heterocycles. The summed E-state index contributed by atoms with van der Waals surface area (Å²) in [4.78, 5) is 12.6. The Morgan fingerprint density at radius 2 is 1.52 bits per heavy atom. The van der Waals surface area contributed by atoms with Gasteiger partial charge >= 0.3 is 0 Å². The van der Waals surface area contributed by atoms with E-state index in [0.717, 1.165) is 23.2 Å². The van der Waals surface area contributed by atoms with Gasteiger partial charge in [-0.2, -0.15) is 0 Å². The molecular weight excluding hydrogens is 356 g/mol. The Labute approximate surface area is 171 Å². The summed E-state index contributed by atoms with van der Waals surface area (Å²) in [7, 11) is 1.95. The van der Waals surface area contributed by atoms with Crippen LogP contribution in [0.2, 0.25) is 0 Å². The average Bonchev–Trinajstić information content (AvgIpc) is 2.78. The zero-order valence-electron chi connectivity index (χ0n) is 16.5. The largest absolute Gasteiger partial charge is 0.348 e. The third-order valence-electron chi connectivity index (χ3n) is 5.11. The van der Waals surface area contributed by atoms with E-state index in [2.05, 4.69) is 53.1 Å². The minimum atomic E-state index is -0.0617. The van der Waals surface area contributed by atoms with Gasteiger partial charge < -0.3 is 10.6 Å². The van der Waals surface area contributed by atoms with Crippen LogP contribution in [0.3, 0.4) is 0 Å². The van der Waals surface area contributed by atoms with Crippen LogP contribution in [0.25, 0.3) is 21.9 Å². The third-order valence-corrected chi connectivity index (χ3v) is 5.11. The highest BCUT2D eigenvalue weighted by molar-refractivity contribution is 5.95. The van der Waals surface area contributed by atoms with Crippen LogP contribution in [0.5, 0.6) is 0 Å². The molecule has 1 amide bonds. The first-order valence-corrected chi connectivity index (χ1v) is 9.83. The molecule has 4 aromatic rings. The Balaban J connectivity index is 1.47. The molecule has 3 heteroatoms. The summed E-state index contributed by atoms with van der Waals surface area (Å²) in [5.74, 6) is -0.0617. The van der Waals surface area contributed by atoms with Crippen molar-refractivity contribution >= 4 is 16.7 Å². The van der Waals surface area contributed by atoms with Gasteiger partial charge in [-0.3, -0.25) is 4.79 Å². The van der Waals surface area contributed by atoms with E-state index in [-0.39, 0.29) is 5.91 Å². The Bertz CT molecular complexity index is 1120. The van der Waals surface area contributed by atoms with E-state index in [0.29, 0.717) is 12.1 Å². The van der Waals surface area contributed by atoms with Crippen molar-refractivity contribution in [3.05, 3.63) is 108 Å². The average molecular weight is 380 g/mol. The molecule has 0 aliphatic heterocycles. The number of carbonyl (C=O) groups is 1. The number of hydrogen-bond donors (Lipinski definition) is 2. The predicted molar refractivity (Wildman–Crippen MR) is 120 cm³/mol. The van der Waals surface area contributed by atoms with Gasteiger partial charge in [-0.15, -0.1) is 0 Å². The summed E-state index contributed by atoms with van der Waals surface area (Å²) in [5, 5.41) is 8.60. The molecule has 4 aromatic carbocycles. The van der Waals surface area contributed by atoms with Crippen LogP contribution in [0.4, 0.5) is 0 Å². The number of nitrogens with one attached hydrogen (secondary N) is 2. The van der Waals surface area contributed by atoms with Gasteiger partial charge in [0.1, 0.15) is 0 Å². The number of amides is 1. The van der Waals surface area contributed by atoms with Crippen LogP contribution in [0.1, 0.15) is 21.5 Å². The minimum absolute atomic E-state index is 0.0617. The zero-order chi connectivity index (χ0) is 20.1. The van der Waals surface area contributed by atoms with Gasteiger partial charge in [0.2, 0.25) is 0 Å². The lowest BCUT2D eigenvalue weighted by molar-refractivity contribution is 0.0951. The molecule has 0 saturated carbocycles. The van der Waals surface area contributed by atoms with Crippen molar-refractivity contribution in [2.24, 2.45) is 0 Å². The number of hydrogen-bond acceptors (Lipinski definition) is 2. The SMILES string of the molecule is CNCc1ccc2c(CNC(=O)c3ccc(-c4ccccc4)cc3)cccc2c1. The van der Waals surface area contributed by atoms with E-state index in [1.165, 1.54) is 16.3 Å². The van der Waals surface area contributed by atoms with Crippen molar-refractivity contribution in [2.75, 3.05) is 7.05 Å². The molecule has 0 unspecified atom stereocenters. The van der Waals surface area contributed by atoms with Gasteiger partial charge in [0.25, 0.3) is 5.91 Å². The molecule has 0 saturated heterocycles. The molecule has 0 aliphatic rings. The van der Waals surface area contributed by atoms with Crippen LogP contribution in [-0.2, 0) is 13.1 Å². The van der Waals surface area contributed by atoms with Gasteiger partial charge in [0.05, 0.1) is 0 Å². The van der Waals surface area contributed by atoms with Crippen molar-refractivity contribution in [2.45, 2.75) is 13.1 Å². The van der Waals surface area contributed by atoms with Crippen molar-refractivity contribution in [3.63, 3.8) is 0 Å². The van der Waals surface area contributed by atoms with Crippen molar-refractivity contribution in [1.82, 2.24) is 10.6 Å². The van der Waals surface area contributed by atoms with Crippen LogP contribution in [0.15, 0.2) is 91.0 Å². The van der Waals surface area contributed by atoms with E-state index in [4.69, 9.17) is 0 Å². The molecule has 0 atom stereocenters. The van der Waals surface area contributed by atoms with E-state index in [1.54, 1.807) is 0 Å². The van der Waals surface area contributed by atoms with Crippen molar-refractivity contribution < 1.29 is 4.79 Å². The Morgan fingerprint density at radius 3 is 2.28 bits per heavy atom. The fourth-order valence-electron chi connectivity index (χ4n) is 3.59. The minimum Gasteiger partial charge on any atom is -0.348 e. The summed E-state index contributed by atoms with van der Waals surface area (Å²) in [6.45, 7) is 1.35. The molecule has 0 aromatic heterocycles. The molecule has 29 heavy (non-hydrogen) atoms. The monoisotopic (exact) mass is 380 g/mol. The number of carbonyl (C=O) groups excluding carboxylic acids is 1. The summed E-state index contributed by atoms with van der Waals surface area (Å²) in [6.07, 6.45) is 0. The van der Waals surface area contributed by atoms with E-state index >= 15 is 0 Å².